The van der Waals surface area contributed by atoms with E-state index in [-0.39, 0.29) is 6.10 Å². The zero-order valence-corrected chi connectivity index (χ0v) is 16.9. The molecule has 0 bridgehead atoms. The largest absolute Gasteiger partial charge is 0.410 e. The normalized spacial score (nSPS) is 22.6. The highest BCUT2D eigenvalue weighted by Crippen LogP contribution is 2.34. The van der Waals surface area contributed by atoms with Gasteiger partial charge in [-0.25, -0.2) is 0 Å². The Morgan fingerprint density at radius 1 is 1.25 bits per heavy atom. The summed E-state index contributed by atoms with van der Waals surface area (Å²) in [5.74, 6) is 0. The third-order valence-electron chi connectivity index (χ3n) is 4.63. The average Bonchev–Trinajstić information content (AvgIpc) is 2.81. The first kappa shape index (κ1) is 18.8. The van der Waals surface area contributed by atoms with Gasteiger partial charge in [0.2, 0.25) is 8.32 Å². The van der Waals surface area contributed by atoms with Crippen molar-refractivity contribution in [2.24, 2.45) is 0 Å². The van der Waals surface area contributed by atoms with Crippen molar-refractivity contribution in [3.8, 4) is 0 Å². The van der Waals surface area contributed by atoms with E-state index in [1.807, 2.05) is 18.2 Å². The van der Waals surface area contributed by atoms with Crippen LogP contribution in [-0.2, 0) is 14.0 Å². The van der Waals surface area contributed by atoms with Crippen molar-refractivity contribution in [1.29, 1.82) is 0 Å². The molecule has 5 heteroatoms. The van der Waals surface area contributed by atoms with Gasteiger partial charge in [0.05, 0.1) is 6.10 Å². The Hall–Kier alpha value is -1.57. The van der Waals surface area contributed by atoms with Crippen molar-refractivity contribution in [3.63, 3.8) is 0 Å². The number of carbonyl (C=O) groups is 2. The highest BCUT2D eigenvalue weighted by Gasteiger charge is 2.39. The average molecular weight is 359 g/mol. The highest BCUT2D eigenvalue weighted by molar-refractivity contribution is 6.94. The Kier molecular flexibility index (Phi) is 5.90. The molecule has 3 nitrogen and oxygen atoms in total. The van der Waals surface area contributed by atoms with E-state index in [1.54, 1.807) is 6.08 Å². The fourth-order valence-corrected chi connectivity index (χ4v) is 7.98. The van der Waals surface area contributed by atoms with Crippen molar-refractivity contribution in [2.45, 2.75) is 45.1 Å². The van der Waals surface area contributed by atoms with E-state index in [2.05, 4.69) is 44.0 Å². The number of rotatable bonds is 6. The summed E-state index contributed by atoms with van der Waals surface area (Å²) in [5, 5.41) is 2.44. The molecule has 0 amide bonds. The lowest BCUT2D eigenvalue weighted by Gasteiger charge is -2.21. The predicted octanol–water partition coefficient (Wildman–Crippen LogP) is 3.32. The van der Waals surface area contributed by atoms with E-state index in [4.69, 9.17) is 4.43 Å². The van der Waals surface area contributed by atoms with Crippen LogP contribution in [-0.4, -0.2) is 35.1 Å². The maximum atomic E-state index is 11.6. The molecule has 0 aliphatic carbocycles. The summed E-state index contributed by atoms with van der Waals surface area (Å²) < 4.78 is 6.19. The number of carbonyl (C=O) groups excluding carboxylic acids is 2. The van der Waals surface area contributed by atoms with Gasteiger partial charge in [0.15, 0.2) is 0 Å². The monoisotopic (exact) mass is 358 g/mol. The van der Waals surface area contributed by atoms with Gasteiger partial charge in [-0.15, -0.1) is 0 Å². The summed E-state index contributed by atoms with van der Waals surface area (Å²) in [7, 11) is -3.77. The van der Waals surface area contributed by atoms with E-state index in [0.29, 0.717) is 6.42 Å². The standard InChI is InChI=1S/C19H26O3Si2/c1-23(2,18-8-6-5-7-9-18)15-16(14-21)12-17-13-19(10-11-20)24(3,4)22-17/h5-11,14-15,17H,12-13H2,1-4H3/b16-15+,19-10+. The van der Waals surface area contributed by atoms with Crippen LogP contribution < -0.4 is 5.19 Å². The number of benzene rings is 1. The van der Waals surface area contributed by atoms with Crippen molar-refractivity contribution in [2.75, 3.05) is 0 Å². The fraction of sp³-hybridized carbons (Fsp3) is 0.368. The number of hydrogen-bond donors (Lipinski definition) is 0. The Morgan fingerprint density at radius 3 is 2.50 bits per heavy atom. The molecular weight excluding hydrogens is 332 g/mol. The maximum absolute atomic E-state index is 11.6. The first-order valence-corrected chi connectivity index (χ1v) is 14.3. The van der Waals surface area contributed by atoms with Crippen LogP contribution in [0.1, 0.15) is 12.8 Å². The topological polar surface area (TPSA) is 43.4 Å². The van der Waals surface area contributed by atoms with Crippen LogP contribution in [0.15, 0.2) is 52.9 Å². The van der Waals surface area contributed by atoms with Gasteiger partial charge in [-0.1, -0.05) is 54.3 Å². The van der Waals surface area contributed by atoms with Crippen molar-refractivity contribution >= 4 is 34.2 Å². The van der Waals surface area contributed by atoms with Gasteiger partial charge < -0.3 is 4.43 Å². The molecule has 0 spiro atoms. The van der Waals surface area contributed by atoms with E-state index in [9.17, 15) is 9.59 Å². The van der Waals surface area contributed by atoms with Crippen molar-refractivity contribution < 1.29 is 14.0 Å². The van der Waals surface area contributed by atoms with E-state index in [1.165, 1.54) is 5.19 Å². The first-order valence-electron chi connectivity index (χ1n) is 8.33. The second-order valence-electron chi connectivity index (χ2n) is 7.41. The van der Waals surface area contributed by atoms with E-state index < -0.39 is 16.4 Å². The molecule has 0 aromatic heterocycles. The Balaban J connectivity index is 2.17. The molecule has 1 fully saturated rings. The second-order valence-corrected chi connectivity index (χ2v) is 15.6. The van der Waals surface area contributed by atoms with Crippen LogP contribution in [0.4, 0.5) is 0 Å². The van der Waals surface area contributed by atoms with Crippen LogP contribution in [0, 0.1) is 0 Å². The molecule has 1 atom stereocenters. The minimum absolute atomic E-state index is 0.00916. The van der Waals surface area contributed by atoms with Gasteiger partial charge in [0.1, 0.15) is 20.6 Å². The zero-order valence-electron chi connectivity index (χ0n) is 14.9. The third-order valence-corrected chi connectivity index (χ3v) is 10.4. The molecular formula is C19H26O3Si2. The molecule has 1 aromatic carbocycles. The van der Waals surface area contributed by atoms with Crippen LogP contribution >= 0.6 is 0 Å². The first-order chi connectivity index (χ1) is 11.3. The molecule has 1 aliphatic heterocycles. The molecule has 2 rings (SSSR count). The lowest BCUT2D eigenvalue weighted by Crippen LogP contribution is -2.40. The van der Waals surface area contributed by atoms with Crippen LogP contribution in [0.2, 0.25) is 26.2 Å². The maximum Gasteiger partial charge on any atom is 0.214 e. The van der Waals surface area contributed by atoms with Crippen LogP contribution in [0.25, 0.3) is 0 Å². The molecule has 0 radical (unpaired) electrons. The smallest absolute Gasteiger partial charge is 0.214 e. The summed E-state index contributed by atoms with van der Waals surface area (Å²) in [4.78, 5) is 22.4. The molecule has 0 N–H and O–H groups in total. The minimum atomic E-state index is -1.96. The quantitative estimate of drug-likeness (QED) is 0.445. The number of hydrogen-bond acceptors (Lipinski definition) is 3. The summed E-state index contributed by atoms with van der Waals surface area (Å²) in [6.07, 6.45) is 4.86. The van der Waals surface area contributed by atoms with Gasteiger partial charge in [-0.05, 0) is 36.4 Å². The van der Waals surface area contributed by atoms with E-state index >= 15 is 0 Å². The third kappa shape index (κ3) is 4.50. The van der Waals surface area contributed by atoms with Gasteiger partial charge in [-0.2, -0.15) is 0 Å². The van der Waals surface area contributed by atoms with Crippen molar-refractivity contribution in [3.05, 3.63) is 52.9 Å². The lowest BCUT2D eigenvalue weighted by atomic mass is 10.1. The SMILES string of the molecule is C[Si]1(C)OC(C/C(C=O)=C\[Si](C)(C)c2ccccc2)C/C1=C\C=O. The van der Waals surface area contributed by atoms with Gasteiger partial charge in [-0.3, -0.25) is 9.59 Å². The van der Waals surface area contributed by atoms with Gasteiger partial charge >= 0.3 is 0 Å². The Labute approximate surface area is 146 Å². The van der Waals surface area contributed by atoms with Crippen LogP contribution in [0.5, 0.6) is 0 Å². The van der Waals surface area contributed by atoms with Crippen LogP contribution in [0.3, 0.4) is 0 Å². The van der Waals surface area contributed by atoms with E-state index in [0.717, 1.165) is 29.8 Å². The summed E-state index contributed by atoms with van der Waals surface area (Å²) in [6.45, 7) is 8.71. The molecule has 24 heavy (non-hydrogen) atoms. The molecule has 1 aromatic rings. The number of allylic oxidation sites excluding steroid dienone is 1. The minimum Gasteiger partial charge on any atom is -0.410 e. The molecule has 1 aliphatic rings. The lowest BCUT2D eigenvalue weighted by molar-refractivity contribution is -0.105. The molecule has 1 unspecified atom stereocenters. The summed E-state index contributed by atoms with van der Waals surface area (Å²) >= 11 is 0. The summed E-state index contributed by atoms with van der Waals surface area (Å²) in [6, 6.07) is 10.4. The Bertz CT molecular complexity index is 660. The molecule has 0 saturated carbocycles. The molecule has 1 heterocycles. The van der Waals surface area contributed by atoms with Gasteiger partial charge in [0, 0.05) is 6.42 Å². The molecule has 128 valence electrons. The molecule has 1 saturated heterocycles. The Morgan fingerprint density at radius 2 is 1.92 bits per heavy atom. The zero-order chi connectivity index (χ0) is 17.8. The van der Waals surface area contributed by atoms with Crippen molar-refractivity contribution in [1.82, 2.24) is 0 Å². The van der Waals surface area contributed by atoms with Gasteiger partial charge in [0.25, 0.3) is 0 Å². The predicted molar refractivity (Wildman–Crippen MR) is 103 cm³/mol. The fourth-order valence-electron chi connectivity index (χ4n) is 3.31. The summed E-state index contributed by atoms with van der Waals surface area (Å²) in [5.41, 5.74) is 2.99. The number of aldehydes is 2. The highest BCUT2D eigenvalue weighted by atomic mass is 28.4. The second kappa shape index (κ2) is 7.55.